The molecule has 3 aromatic heterocycles. The fraction of sp³-hybridized carbons (Fsp3) is 0.353. The second kappa shape index (κ2) is 9.38. The number of anilines is 1. The molecule has 0 aliphatic rings. The third-order valence-corrected chi connectivity index (χ3v) is 4.43. The molecule has 3 rings (SSSR count). The predicted octanol–water partition coefficient (Wildman–Crippen LogP) is 2.41. The summed E-state index contributed by atoms with van der Waals surface area (Å²) in [6.45, 7) is 2.93. The molecule has 0 aromatic carbocycles. The van der Waals surface area contributed by atoms with Gasteiger partial charge in [0.05, 0.1) is 35.9 Å². The lowest BCUT2D eigenvalue weighted by Crippen LogP contribution is -2.22. The molecule has 0 spiro atoms. The Morgan fingerprint density at radius 1 is 1.24 bits per heavy atom. The molecular weight excluding hydrogens is 338 g/mol. The molecule has 8 heteroatoms. The number of nitrogens with zero attached hydrogens (tertiary/aromatic N) is 3. The summed E-state index contributed by atoms with van der Waals surface area (Å²) in [4.78, 5) is 13.3. The molecule has 0 saturated carbocycles. The van der Waals surface area contributed by atoms with Crippen molar-refractivity contribution >= 4 is 27.5 Å². The Labute approximate surface area is 150 Å². The minimum absolute atomic E-state index is 0.432. The summed E-state index contributed by atoms with van der Waals surface area (Å²) in [6, 6.07) is 5.92. The molecule has 0 atom stereocenters. The third kappa shape index (κ3) is 5.17. The number of ether oxygens (including phenoxy) is 2. The minimum Gasteiger partial charge on any atom is -0.383 e. The first-order valence-corrected chi connectivity index (χ1v) is 8.89. The number of fused-ring (bicyclic) bond motifs is 1. The highest BCUT2D eigenvalue weighted by Gasteiger charge is 2.09. The molecule has 3 aromatic rings. The van der Waals surface area contributed by atoms with Crippen molar-refractivity contribution in [1.29, 1.82) is 0 Å². The summed E-state index contributed by atoms with van der Waals surface area (Å²) >= 11 is 1.63. The lowest BCUT2D eigenvalue weighted by molar-refractivity contribution is 0.0943. The molecule has 0 amide bonds. The second-order valence-electron chi connectivity index (χ2n) is 5.33. The zero-order valence-electron chi connectivity index (χ0n) is 14.1. The maximum atomic E-state index is 5.67. The van der Waals surface area contributed by atoms with Crippen LogP contribution in [0, 0.1) is 0 Å². The number of nitrogens with one attached hydrogen (secondary N) is 2. The van der Waals surface area contributed by atoms with Crippen LogP contribution in [0.25, 0.3) is 10.2 Å². The molecule has 3 heterocycles. The van der Waals surface area contributed by atoms with E-state index >= 15 is 0 Å². The molecule has 2 N–H and O–H groups in total. The largest absolute Gasteiger partial charge is 0.383 e. The monoisotopic (exact) mass is 359 g/mol. The summed E-state index contributed by atoms with van der Waals surface area (Å²) < 4.78 is 11.7. The van der Waals surface area contributed by atoms with E-state index in [2.05, 4.69) is 25.6 Å². The smallest absolute Gasteiger partial charge is 0.223 e. The first kappa shape index (κ1) is 17.7. The first-order valence-electron chi connectivity index (χ1n) is 8.01. The van der Waals surface area contributed by atoms with Crippen molar-refractivity contribution in [3.63, 3.8) is 0 Å². The van der Waals surface area contributed by atoms with Crippen molar-refractivity contribution in [2.75, 3.05) is 32.3 Å². The van der Waals surface area contributed by atoms with Gasteiger partial charge in [-0.1, -0.05) is 6.07 Å². The van der Waals surface area contributed by atoms with Crippen molar-refractivity contribution in [1.82, 2.24) is 20.3 Å². The Bertz CT molecular complexity index is 781. The van der Waals surface area contributed by atoms with E-state index in [9.17, 15) is 0 Å². The van der Waals surface area contributed by atoms with Gasteiger partial charge in [0.15, 0.2) is 0 Å². The van der Waals surface area contributed by atoms with E-state index < -0.39 is 0 Å². The second-order valence-corrected chi connectivity index (χ2v) is 6.25. The van der Waals surface area contributed by atoms with Gasteiger partial charge in [-0.05, 0) is 23.1 Å². The van der Waals surface area contributed by atoms with Crippen molar-refractivity contribution in [2.45, 2.75) is 13.2 Å². The van der Waals surface area contributed by atoms with E-state index in [4.69, 9.17) is 9.47 Å². The summed E-state index contributed by atoms with van der Waals surface area (Å²) in [5, 5.41) is 8.42. The van der Waals surface area contributed by atoms with Crippen molar-refractivity contribution in [3.05, 3.63) is 47.2 Å². The van der Waals surface area contributed by atoms with Crippen LogP contribution in [0.3, 0.4) is 0 Å². The summed E-state index contributed by atoms with van der Waals surface area (Å²) in [5.41, 5.74) is 2.90. The fourth-order valence-corrected chi connectivity index (χ4v) is 3.06. The number of thiophene rings is 1. The van der Waals surface area contributed by atoms with Crippen molar-refractivity contribution in [3.8, 4) is 0 Å². The van der Waals surface area contributed by atoms with Crippen LogP contribution in [0.2, 0.25) is 0 Å². The topological polar surface area (TPSA) is 81.2 Å². The highest BCUT2D eigenvalue weighted by atomic mass is 32.1. The van der Waals surface area contributed by atoms with Gasteiger partial charge in [-0.25, -0.2) is 9.97 Å². The summed E-state index contributed by atoms with van der Waals surface area (Å²) in [7, 11) is 1.68. The van der Waals surface area contributed by atoms with Crippen LogP contribution >= 0.6 is 11.3 Å². The Kier molecular flexibility index (Phi) is 6.63. The van der Waals surface area contributed by atoms with E-state index in [0.29, 0.717) is 32.4 Å². The zero-order valence-corrected chi connectivity index (χ0v) is 14.9. The van der Waals surface area contributed by atoms with Gasteiger partial charge in [0.25, 0.3) is 0 Å². The van der Waals surface area contributed by atoms with E-state index in [1.54, 1.807) is 24.6 Å². The Hall–Kier alpha value is -2.13. The van der Waals surface area contributed by atoms with E-state index in [1.807, 2.05) is 29.8 Å². The quantitative estimate of drug-likeness (QED) is 0.425. The maximum absolute atomic E-state index is 5.67. The molecule has 7 nitrogen and oxygen atoms in total. The molecule has 0 bridgehead atoms. The fourth-order valence-electron chi connectivity index (χ4n) is 2.25. The van der Waals surface area contributed by atoms with Gasteiger partial charge in [-0.15, -0.1) is 11.3 Å². The molecule has 0 unspecified atom stereocenters. The number of rotatable bonds is 10. The van der Waals surface area contributed by atoms with Crippen LogP contribution in [0.15, 0.2) is 36.0 Å². The van der Waals surface area contributed by atoms with Crippen LogP contribution in [0.1, 0.15) is 11.3 Å². The molecule has 0 aliphatic heterocycles. The van der Waals surface area contributed by atoms with Crippen LogP contribution in [-0.2, 0) is 22.6 Å². The maximum Gasteiger partial charge on any atom is 0.223 e. The number of pyridine rings is 1. The van der Waals surface area contributed by atoms with Gasteiger partial charge in [0.2, 0.25) is 5.95 Å². The summed E-state index contributed by atoms with van der Waals surface area (Å²) in [6.07, 6.45) is 3.58. The van der Waals surface area contributed by atoms with E-state index in [0.717, 1.165) is 28.0 Å². The lowest BCUT2D eigenvalue weighted by atomic mass is 10.3. The standard InChI is InChI=1S/C17H21N5O2S/c1-23-7-6-19-12-24-11-15-16-14(4-8-25-16)21-17(22-15)20-10-13-3-2-5-18-9-13/h2-5,8-9,19H,6-7,10-12H2,1H3,(H,20,21,22). The van der Waals surface area contributed by atoms with Crippen LogP contribution in [0.5, 0.6) is 0 Å². The third-order valence-electron chi connectivity index (χ3n) is 3.47. The molecular formula is C17H21N5O2S. The van der Waals surface area contributed by atoms with Gasteiger partial charge < -0.3 is 14.8 Å². The molecule has 0 saturated heterocycles. The number of hydrogen-bond acceptors (Lipinski definition) is 8. The lowest BCUT2D eigenvalue weighted by Gasteiger charge is -2.09. The SMILES string of the molecule is COCCNCOCc1nc(NCc2cccnc2)nc2ccsc12. The highest BCUT2D eigenvalue weighted by molar-refractivity contribution is 7.17. The first-order chi connectivity index (χ1) is 12.4. The highest BCUT2D eigenvalue weighted by Crippen LogP contribution is 2.24. The Morgan fingerprint density at radius 2 is 2.20 bits per heavy atom. The van der Waals surface area contributed by atoms with Gasteiger partial charge in [-0.3, -0.25) is 10.3 Å². The van der Waals surface area contributed by atoms with E-state index in [-0.39, 0.29) is 0 Å². The van der Waals surface area contributed by atoms with Crippen LogP contribution < -0.4 is 10.6 Å². The normalized spacial score (nSPS) is 11.1. The predicted molar refractivity (Wildman–Crippen MR) is 98.5 cm³/mol. The average molecular weight is 359 g/mol. The molecule has 0 radical (unpaired) electrons. The van der Waals surface area contributed by atoms with Crippen molar-refractivity contribution < 1.29 is 9.47 Å². The molecule has 0 aliphatic carbocycles. The van der Waals surface area contributed by atoms with Crippen molar-refractivity contribution in [2.24, 2.45) is 0 Å². The zero-order chi connectivity index (χ0) is 17.3. The molecule has 0 fully saturated rings. The Morgan fingerprint density at radius 3 is 3.04 bits per heavy atom. The van der Waals surface area contributed by atoms with Gasteiger partial charge >= 0.3 is 0 Å². The van der Waals surface area contributed by atoms with Gasteiger partial charge in [-0.2, -0.15) is 0 Å². The van der Waals surface area contributed by atoms with Gasteiger partial charge in [0.1, 0.15) is 0 Å². The van der Waals surface area contributed by atoms with Gasteiger partial charge in [0, 0.05) is 32.6 Å². The van der Waals surface area contributed by atoms with Crippen LogP contribution in [-0.4, -0.2) is 41.9 Å². The molecule has 132 valence electrons. The molecule has 25 heavy (non-hydrogen) atoms. The average Bonchev–Trinajstić information content (AvgIpc) is 3.12. The number of methoxy groups -OCH3 is 1. The number of hydrogen-bond donors (Lipinski definition) is 2. The number of aromatic nitrogens is 3. The Balaban J connectivity index is 1.62. The van der Waals surface area contributed by atoms with Crippen LogP contribution in [0.4, 0.5) is 5.95 Å². The summed E-state index contributed by atoms with van der Waals surface area (Å²) in [5.74, 6) is 0.598. The minimum atomic E-state index is 0.432. The van der Waals surface area contributed by atoms with E-state index in [1.165, 1.54) is 0 Å².